The Labute approximate surface area is 113 Å². The summed E-state index contributed by atoms with van der Waals surface area (Å²) in [6, 6.07) is 0.873. The van der Waals surface area contributed by atoms with E-state index in [1.54, 1.807) is 0 Å². The van der Waals surface area contributed by atoms with E-state index in [2.05, 4.69) is 23.8 Å². The van der Waals surface area contributed by atoms with Gasteiger partial charge in [0, 0.05) is 12.6 Å². The van der Waals surface area contributed by atoms with E-state index in [1.807, 2.05) is 0 Å². The van der Waals surface area contributed by atoms with Crippen LogP contribution in [0.1, 0.15) is 39.0 Å². The van der Waals surface area contributed by atoms with Crippen molar-refractivity contribution in [2.24, 2.45) is 17.6 Å². The van der Waals surface area contributed by atoms with Gasteiger partial charge in [0.25, 0.3) is 0 Å². The Bertz CT molecular complexity index is 244. The second-order valence-corrected chi connectivity index (χ2v) is 6.52. The fourth-order valence-electron chi connectivity index (χ4n) is 3.71. The maximum Gasteiger partial charge on any atom is 0.0145 e. The Hall–Kier alpha value is -0.120. The first-order chi connectivity index (χ1) is 8.70. The van der Waals surface area contributed by atoms with Crippen molar-refractivity contribution >= 4 is 0 Å². The first-order valence-electron chi connectivity index (χ1n) is 7.83. The molecule has 0 radical (unpaired) electrons. The summed E-state index contributed by atoms with van der Waals surface area (Å²) in [5.41, 5.74) is 5.67. The van der Waals surface area contributed by atoms with Crippen LogP contribution < -0.4 is 5.73 Å². The molecule has 0 spiro atoms. The van der Waals surface area contributed by atoms with Crippen LogP contribution in [0.4, 0.5) is 0 Å². The molecule has 2 N–H and O–H groups in total. The summed E-state index contributed by atoms with van der Waals surface area (Å²) in [6.07, 6.45) is 6.85. The lowest BCUT2D eigenvalue weighted by atomic mass is 9.84. The van der Waals surface area contributed by atoms with Gasteiger partial charge in [-0.25, -0.2) is 0 Å². The molecular weight excluding hydrogens is 222 g/mol. The van der Waals surface area contributed by atoms with Crippen LogP contribution in [0.15, 0.2) is 0 Å². The van der Waals surface area contributed by atoms with Gasteiger partial charge in [-0.05, 0) is 77.2 Å². The summed E-state index contributed by atoms with van der Waals surface area (Å²) in [5, 5.41) is 0. The molecule has 0 amide bonds. The molecular formula is C15H31N3. The molecule has 0 aliphatic carbocycles. The summed E-state index contributed by atoms with van der Waals surface area (Å²) in [7, 11) is 2.31. The van der Waals surface area contributed by atoms with E-state index in [0.717, 1.165) is 18.5 Å². The second kappa shape index (κ2) is 6.88. The number of hydrogen-bond donors (Lipinski definition) is 1. The summed E-state index contributed by atoms with van der Waals surface area (Å²) in [4.78, 5) is 5.30. The van der Waals surface area contributed by atoms with Crippen LogP contribution in [0, 0.1) is 11.8 Å². The van der Waals surface area contributed by atoms with Gasteiger partial charge < -0.3 is 15.5 Å². The van der Waals surface area contributed by atoms with Crippen LogP contribution in [0.5, 0.6) is 0 Å². The van der Waals surface area contributed by atoms with Crippen LogP contribution in [0.3, 0.4) is 0 Å². The molecule has 2 aliphatic heterocycles. The number of nitrogens with two attached hydrogens (primary N) is 1. The predicted molar refractivity (Wildman–Crippen MR) is 77.7 cm³/mol. The molecule has 18 heavy (non-hydrogen) atoms. The number of fused-ring (bicyclic) bond motifs is 1. The van der Waals surface area contributed by atoms with Crippen LogP contribution in [0.25, 0.3) is 0 Å². The van der Waals surface area contributed by atoms with Crippen LogP contribution in [-0.2, 0) is 0 Å². The molecule has 0 aromatic heterocycles. The van der Waals surface area contributed by atoms with Crippen molar-refractivity contribution in [1.29, 1.82) is 0 Å². The quantitative estimate of drug-likeness (QED) is 0.810. The highest BCUT2D eigenvalue weighted by atomic mass is 15.2. The number of nitrogens with zero attached hydrogens (tertiary/aromatic N) is 2. The first kappa shape index (κ1) is 14.3. The highest BCUT2D eigenvalue weighted by Crippen LogP contribution is 2.29. The van der Waals surface area contributed by atoms with Gasteiger partial charge in [0.2, 0.25) is 0 Å². The van der Waals surface area contributed by atoms with E-state index in [0.29, 0.717) is 5.92 Å². The second-order valence-electron chi connectivity index (χ2n) is 6.52. The smallest absolute Gasteiger partial charge is 0.0145 e. The summed E-state index contributed by atoms with van der Waals surface area (Å²) >= 11 is 0. The van der Waals surface area contributed by atoms with Crippen LogP contribution >= 0.6 is 0 Å². The zero-order chi connectivity index (χ0) is 13.0. The van der Waals surface area contributed by atoms with Crippen molar-refractivity contribution in [2.45, 2.75) is 45.1 Å². The average molecular weight is 253 g/mol. The maximum absolute atomic E-state index is 5.67. The van der Waals surface area contributed by atoms with Crippen molar-refractivity contribution in [1.82, 2.24) is 9.80 Å². The molecule has 3 heteroatoms. The Morgan fingerprint density at radius 1 is 1.28 bits per heavy atom. The van der Waals surface area contributed by atoms with Gasteiger partial charge in [0.15, 0.2) is 0 Å². The average Bonchev–Trinajstić information content (AvgIpc) is 2.38. The van der Waals surface area contributed by atoms with Crippen molar-refractivity contribution in [2.75, 3.05) is 39.8 Å². The van der Waals surface area contributed by atoms with Gasteiger partial charge in [-0.1, -0.05) is 6.92 Å². The fraction of sp³-hybridized carbons (Fsp3) is 1.00. The standard InChI is InChI=1S/C15H31N3/c1-13(11-16)5-3-9-18-10-7-15-14(12-18)6-4-8-17(15)2/h13-15H,3-12,16H2,1-2H3. The molecule has 2 heterocycles. The molecule has 0 aromatic rings. The summed E-state index contributed by atoms with van der Waals surface area (Å²) < 4.78 is 0. The molecule has 2 aliphatic rings. The zero-order valence-corrected chi connectivity index (χ0v) is 12.3. The lowest BCUT2D eigenvalue weighted by Gasteiger charge is -2.46. The summed E-state index contributed by atoms with van der Waals surface area (Å²) in [5.74, 6) is 1.63. The third-order valence-electron chi connectivity index (χ3n) is 5.00. The Kier molecular flexibility index (Phi) is 5.46. The van der Waals surface area contributed by atoms with Gasteiger partial charge in [0.05, 0.1) is 0 Å². The minimum Gasteiger partial charge on any atom is -0.330 e. The number of hydrogen-bond acceptors (Lipinski definition) is 3. The van der Waals surface area contributed by atoms with Crippen LogP contribution in [0.2, 0.25) is 0 Å². The number of likely N-dealkylation sites (tertiary alicyclic amines) is 2. The lowest BCUT2D eigenvalue weighted by molar-refractivity contribution is 0.0377. The van der Waals surface area contributed by atoms with Gasteiger partial charge in [-0.3, -0.25) is 0 Å². The zero-order valence-electron chi connectivity index (χ0n) is 12.3. The molecule has 0 bridgehead atoms. The Balaban J connectivity index is 1.70. The topological polar surface area (TPSA) is 32.5 Å². The van der Waals surface area contributed by atoms with E-state index >= 15 is 0 Å². The van der Waals surface area contributed by atoms with E-state index in [4.69, 9.17) is 5.73 Å². The minimum atomic E-state index is 0.698. The van der Waals surface area contributed by atoms with Crippen LogP contribution in [-0.4, -0.2) is 55.6 Å². The molecule has 106 valence electrons. The van der Waals surface area contributed by atoms with Gasteiger partial charge in [-0.2, -0.15) is 0 Å². The van der Waals surface area contributed by atoms with Crippen molar-refractivity contribution in [3.63, 3.8) is 0 Å². The van der Waals surface area contributed by atoms with Gasteiger partial charge >= 0.3 is 0 Å². The molecule has 2 rings (SSSR count). The van der Waals surface area contributed by atoms with Crippen molar-refractivity contribution < 1.29 is 0 Å². The monoisotopic (exact) mass is 253 g/mol. The first-order valence-corrected chi connectivity index (χ1v) is 7.83. The van der Waals surface area contributed by atoms with Crippen molar-refractivity contribution in [3.05, 3.63) is 0 Å². The normalized spacial score (nSPS) is 32.2. The fourth-order valence-corrected chi connectivity index (χ4v) is 3.71. The SMILES string of the molecule is CC(CN)CCCN1CCC2C(CCCN2C)C1. The van der Waals surface area contributed by atoms with Gasteiger partial charge in [0.1, 0.15) is 0 Å². The molecule has 0 saturated carbocycles. The number of rotatable bonds is 5. The van der Waals surface area contributed by atoms with E-state index in [9.17, 15) is 0 Å². The highest BCUT2D eigenvalue weighted by Gasteiger charge is 2.33. The summed E-state index contributed by atoms with van der Waals surface area (Å²) in [6.45, 7) is 8.36. The van der Waals surface area contributed by atoms with E-state index in [1.165, 1.54) is 58.3 Å². The largest absolute Gasteiger partial charge is 0.330 e. The third-order valence-corrected chi connectivity index (χ3v) is 5.00. The number of piperidine rings is 2. The van der Waals surface area contributed by atoms with E-state index in [-0.39, 0.29) is 0 Å². The third kappa shape index (κ3) is 3.69. The molecule has 2 saturated heterocycles. The molecule has 3 atom stereocenters. The molecule has 3 unspecified atom stereocenters. The van der Waals surface area contributed by atoms with E-state index < -0.39 is 0 Å². The Morgan fingerprint density at radius 3 is 2.89 bits per heavy atom. The maximum atomic E-state index is 5.67. The Morgan fingerprint density at radius 2 is 2.11 bits per heavy atom. The molecule has 2 fully saturated rings. The van der Waals surface area contributed by atoms with Gasteiger partial charge in [-0.15, -0.1) is 0 Å². The molecule has 0 aromatic carbocycles. The predicted octanol–water partition coefficient (Wildman–Crippen LogP) is 1.78. The minimum absolute atomic E-state index is 0.698. The molecule has 3 nitrogen and oxygen atoms in total. The van der Waals surface area contributed by atoms with Crippen molar-refractivity contribution in [3.8, 4) is 0 Å². The lowest BCUT2D eigenvalue weighted by Crippen LogP contribution is -2.52. The highest BCUT2D eigenvalue weighted by molar-refractivity contribution is 4.89.